The van der Waals surface area contributed by atoms with Crippen LogP contribution in [0.1, 0.15) is 0 Å². The number of aliphatic hydroxyl groups is 1. The Labute approximate surface area is 111 Å². The average molecular weight is 334 g/mol. The van der Waals surface area contributed by atoms with Crippen LogP contribution < -0.4 is 0 Å². The Kier molecular flexibility index (Phi) is 5.34. The van der Waals surface area contributed by atoms with E-state index in [0.717, 1.165) is 0 Å². The van der Waals surface area contributed by atoms with Crippen LogP contribution in [0.5, 0.6) is 0 Å². The Balaban J connectivity index is 5.97. The molecule has 3 nitrogen and oxygen atoms in total. The van der Waals surface area contributed by atoms with E-state index in [2.05, 4.69) is 11.3 Å². The van der Waals surface area contributed by atoms with Gasteiger partial charge in [0.2, 0.25) is 0 Å². The van der Waals surface area contributed by atoms with Gasteiger partial charge in [-0.2, -0.15) is 35.1 Å². The van der Waals surface area contributed by atoms with E-state index in [4.69, 9.17) is 5.11 Å². The topological polar surface area (TPSA) is 46.5 Å². The number of esters is 1. The smallest absolute Gasteiger partial charge is 0.431 e. The maximum absolute atomic E-state index is 13.4. The first-order valence-electron chi connectivity index (χ1n) is 4.77. The van der Waals surface area contributed by atoms with Crippen LogP contribution in [0.4, 0.5) is 39.5 Å². The molecule has 0 aliphatic heterocycles. The maximum atomic E-state index is 13.4. The maximum Gasteiger partial charge on any atom is 0.431 e. The summed E-state index contributed by atoms with van der Waals surface area (Å²) >= 11 is 0. The standard InChI is InChI=1S/C9H7F9O3/c1-2-4(19)21-5(8(13,14)15)7(11,12)6(20,3-10)9(16,17)18/h2,5,20H,1,3H2. The lowest BCUT2D eigenvalue weighted by atomic mass is 9.91. The highest BCUT2D eigenvalue weighted by Gasteiger charge is 2.77. The molecule has 2 unspecified atom stereocenters. The quantitative estimate of drug-likeness (QED) is 0.478. The van der Waals surface area contributed by atoms with Gasteiger partial charge in [0.1, 0.15) is 6.67 Å². The van der Waals surface area contributed by atoms with E-state index in [1.54, 1.807) is 0 Å². The molecule has 12 heteroatoms. The monoisotopic (exact) mass is 334 g/mol. The second-order valence-electron chi connectivity index (χ2n) is 3.68. The number of hydrogen-bond donors (Lipinski definition) is 1. The van der Waals surface area contributed by atoms with Gasteiger partial charge in [-0.1, -0.05) is 6.58 Å². The molecule has 21 heavy (non-hydrogen) atoms. The van der Waals surface area contributed by atoms with Gasteiger partial charge in [-0.15, -0.1) is 0 Å². The van der Waals surface area contributed by atoms with E-state index in [1.807, 2.05) is 0 Å². The summed E-state index contributed by atoms with van der Waals surface area (Å²) in [6.07, 6.45) is -17.4. The van der Waals surface area contributed by atoms with Gasteiger partial charge >= 0.3 is 24.2 Å². The first-order chi connectivity index (χ1) is 9.15. The number of carbonyl (C=O) groups excluding carboxylic acids is 1. The van der Waals surface area contributed by atoms with Crippen LogP contribution >= 0.6 is 0 Å². The summed E-state index contributed by atoms with van der Waals surface area (Å²) in [4.78, 5) is 10.6. The highest BCUT2D eigenvalue weighted by molar-refractivity contribution is 5.81. The number of halogens is 9. The molecule has 2 atom stereocenters. The summed E-state index contributed by atoms with van der Waals surface area (Å²) in [5, 5.41) is 8.64. The molecule has 0 rings (SSSR count). The Hall–Kier alpha value is -1.46. The molecule has 1 N–H and O–H groups in total. The number of alkyl halides is 9. The molecule has 0 bridgehead atoms. The SMILES string of the molecule is C=CC(=O)OC(C(F)(F)F)C(F)(F)C(O)(CF)C(F)(F)F. The molecule has 0 spiro atoms. The van der Waals surface area contributed by atoms with Crippen LogP contribution in [-0.2, 0) is 9.53 Å². The second kappa shape index (κ2) is 5.73. The molecule has 0 aliphatic rings. The van der Waals surface area contributed by atoms with E-state index in [1.165, 1.54) is 0 Å². The number of carbonyl (C=O) groups is 1. The Morgan fingerprint density at radius 3 is 1.81 bits per heavy atom. The van der Waals surface area contributed by atoms with Crippen LogP contribution in [0.25, 0.3) is 0 Å². The summed E-state index contributed by atoms with van der Waals surface area (Å²) in [6.45, 7) is -0.727. The highest BCUT2D eigenvalue weighted by atomic mass is 19.4. The van der Waals surface area contributed by atoms with E-state index >= 15 is 0 Å². The van der Waals surface area contributed by atoms with Crippen molar-refractivity contribution in [3.05, 3.63) is 12.7 Å². The fourth-order valence-electron chi connectivity index (χ4n) is 1.08. The largest absolute Gasteiger partial charge is 0.443 e. The number of rotatable bonds is 5. The van der Waals surface area contributed by atoms with Gasteiger partial charge in [-0.3, -0.25) is 0 Å². The predicted octanol–water partition coefficient (Wildman–Crippen LogP) is 2.54. The molecule has 0 aromatic carbocycles. The normalized spacial score (nSPS) is 17.8. The van der Waals surface area contributed by atoms with Gasteiger partial charge in [0.25, 0.3) is 11.7 Å². The molecule has 0 saturated carbocycles. The molecule has 0 aromatic heterocycles. The van der Waals surface area contributed by atoms with Crippen molar-refractivity contribution in [2.45, 2.75) is 30.0 Å². The van der Waals surface area contributed by atoms with Crippen molar-refractivity contribution in [2.75, 3.05) is 6.67 Å². The first-order valence-corrected chi connectivity index (χ1v) is 4.77. The van der Waals surface area contributed by atoms with Crippen LogP contribution in [0.3, 0.4) is 0 Å². The fourth-order valence-corrected chi connectivity index (χ4v) is 1.08. The fraction of sp³-hybridized carbons (Fsp3) is 0.667. The lowest BCUT2D eigenvalue weighted by molar-refractivity contribution is -0.379. The van der Waals surface area contributed by atoms with Gasteiger partial charge < -0.3 is 9.84 Å². The molecule has 0 amide bonds. The van der Waals surface area contributed by atoms with E-state index < -0.39 is 42.6 Å². The van der Waals surface area contributed by atoms with Crippen LogP contribution in [-0.4, -0.2) is 47.7 Å². The molecular formula is C9H7F9O3. The molecule has 0 heterocycles. The van der Waals surface area contributed by atoms with Gasteiger partial charge in [-0.25, -0.2) is 9.18 Å². The minimum absolute atomic E-state index is 0.0308. The summed E-state index contributed by atoms with van der Waals surface area (Å²) in [5.41, 5.74) is -5.69. The van der Waals surface area contributed by atoms with Crippen LogP contribution in [0.15, 0.2) is 12.7 Å². The van der Waals surface area contributed by atoms with E-state index in [-0.39, 0.29) is 6.08 Å². The van der Waals surface area contributed by atoms with E-state index in [0.29, 0.717) is 0 Å². The van der Waals surface area contributed by atoms with Crippen LogP contribution in [0.2, 0.25) is 0 Å². The van der Waals surface area contributed by atoms with Crippen molar-refractivity contribution < 1.29 is 54.2 Å². The molecule has 0 radical (unpaired) electrons. The zero-order chi connectivity index (χ0) is 17.3. The van der Waals surface area contributed by atoms with Crippen molar-refractivity contribution in [3.8, 4) is 0 Å². The third-order valence-electron chi connectivity index (χ3n) is 2.24. The minimum Gasteiger partial charge on any atom is -0.443 e. The molecule has 0 aromatic rings. The van der Waals surface area contributed by atoms with Gasteiger partial charge in [0.15, 0.2) is 0 Å². The van der Waals surface area contributed by atoms with Crippen molar-refractivity contribution in [2.24, 2.45) is 0 Å². The Morgan fingerprint density at radius 1 is 1.14 bits per heavy atom. The van der Waals surface area contributed by atoms with Gasteiger partial charge in [0, 0.05) is 6.08 Å². The second-order valence-corrected chi connectivity index (χ2v) is 3.68. The van der Waals surface area contributed by atoms with Gasteiger partial charge in [0.05, 0.1) is 0 Å². The van der Waals surface area contributed by atoms with E-state index in [9.17, 15) is 44.3 Å². The van der Waals surface area contributed by atoms with Crippen LogP contribution in [0, 0.1) is 0 Å². The Morgan fingerprint density at radius 2 is 1.57 bits per heavy atom. The van der Waals surface area contributed by atoms with Crippen molar-refractivity contribution in [1.82, 2.24) is 0 Å². The predicted molar refractivity (Wildman–Crippen MR) is 48.1 cm³/mol. The third kappa shape index (κ3) is 3.60. The lowest BCUT2D eigenvalue weighted by Gasteiger charge is -2.39. The molecule has 124 valence electrons. The van der Waals surface area contributed by atoms with Crippen molar-refractivity contribution in [3.63, 3.8) is 0 Å². The molecule has 0 fully saturated rings. The summed E-state index contributed by atoms with van der Waals surface area (Å²) in [7, 11) is 0. The van der Waals surface area contributed by atoms with Gasteiger partial charge in [-0.05, 0) is 0 Å². The zero-order valence-corrected chi connectivity index (χ0v) is 9.73. The summed E-state index contributed by atoms with van der Waals surface area (Å²) in [6, 6.07) is 0. The zero-order valence-electron chi connectivity index (χ0n) is 9.73. The third-order valence-corrected chi connectivity index (χ3v) is 2.24. The average Bonchev–Trinajstić information content (AvgIpc) is 2.30. The summed E-state index contributed by atoms with van der Waals surface area (Å²) in [5.74, 6) is -8.38. The highest BCUT2D eigenvalue weighted by Crippen LogP contribution is 2.48. The molecular weight excluding hydrogens is 327 g/mol. The number of ether oxygens (including phenoxy) is 1. The number of hydrogen-bond acceptors (Lipinski definition) is 3. The molecule has 0 aliphatic carbocycles. The first kappa shape index (κ1) is 19.5. The molecule has 0 saturated heterocycles. The minimum atomic E-state index is -6.46. The summed E-state index contributed by atoms with van der Waals surface area (Å²) < 4.78 is 116. The lowest BCUT2D eigenvalue weighted by Crippen LogP contribution is -2.68. The Bertz CT molecular complexity index is 400. The van der Waals surface area contributed by atoms with Crippen molar-refractivity contribution >= 4 is 5.97 Å². The van der Waals surface area contributed by atoms with Crippen molar-refractivity contribution in [1.29, 1.82) is 0 Å².